The molecule has 4 rings (SSSR count). The number of unbranched alkanes of at least 4 members (excludes halogenated alkanes) is 1. The number of alkyl carbamates (subject to hydrolysis) is 1. The number of hydrogen-bond donors (Lipinski definition) is 2. The van der Waals surface area contributed by atoms with E-state index in [0.29, 0.717) is 55.8 Å². The summed E-state index contributed by atoms with van der Waals surface area (Å²) < 4.78 is 29.1. The molecule has 0 saturated carbocycles. The quantitative estimate of drug-likeness (QED) is 0.0744. The van der Waals surface area contributed by atoms with Crippen molar-refractivity contribution in [3.63, 3.8) is 0 Å². The van der Waals surface area contributed by atoms with E-state index in [1.165, 1.54) is 4.90 Å². The van der Waals surface area contributed by atoms with Gasteiger partial charge in [0.2, 0.25) is 5.91 Å². The van der Waals surface area contributed by atoms with E-state index in [0.717, 1.165) is 22.3 Å². The zero-order valence-corrected chi connectivity index (χ0v) is 34.2. The molecule has 1 unspecified atom stereocenters. The van der Waals surface area contributed by atoms with E-state index in [2.05, 4.69) is 22.8 Å². The van der Waals surface area contributed by atoms with E-state index in [-0.39, 0.29) is 38.0 Å². The Bertz CT molecular complexity index is 1750. The fraction of sp³-hybridized carbons (Fsp3) is 0.500. The Morgan fingerprint density at radius 2 is 1.45 bits per heavy atom. The van der Waals surface area contributed by atoms with Gasteiger partial charge >= 0.3 is 18.2 Å². The van der Waals surface area contributed by atoms with E-state index < -0.39 is 35.4 Å². The average Bonchev–Trinajstić information content (AvgIpc) is 3.45. The van der Waals surface area contributed by atoms with Crippen LogP contribution in [-0.2, 0) is 30.3 Å². The first-order valence-electron chi connectivity index (χ1n) is 19.5. The maximum atomic E-state index is 14.5. The van der Waals surface area contributed by atoms with E-state index in [1.807, 2.05) is 43.3 Å². The Morgan fingerprint density at radius 3 is 2.05 bits per heavy atom. The number of methoxy groups -OCH3 is 1. The van der Waals surface area contributed by atoms with Crippen LogP contribution in [0.15, 0.2) is 66.7 Å². The first kappa shape index (κ1) is 43.5. The second-order valence-corrected chi connectivity index (χ2v) is 15.8. The molecular formula is C44H59N3O9. The fourth-order valence-electron chi connectivity index (χ4n) is 6.53. The normalized spacial score (nSPS) is 12.8. The minimum absolute atomic E-state index is 0.0492. The molecule has 1 atom stereocenters. The Hall–Kier alpha value is -5.26. The molecule has 0 aliphatic heterocycles. The van der Waals surface area contributed by atoms with E-state index in [4.69, 9.17) is 23.7 Å². The van der Waals surface area contributed by atoms with Crippen LogP contribution < -0.4 is 20.1 Å². The number of carbonyl (C=O) groups is 4. The van der Waals surface area contributed by atoms with Gasteiger partial charge in [0, 0.05) is 37.1 Å². The monoisotopic (exact) mass is 773 g/mol. The van der Waals surface area contributed by atoms with Crippen LogP contribution in [0.25, 0.3) is 11.1 Å². The van der Waals surface area contributed by atoms with Crippen LogP contribution in [0.3, 0.4) is 0 Å². The van der Waals surface area contributed by atoms with Crippen LogP contribution in [0, 0.1) is 0 Å². The summed E-state index contributed by atoms with van der Waals surface area (Å²) in [6, 6.07) is 20.4. The van der Waals surface area contributed by atoms with Crippen LogP contribution in [-0.4, -0.2) is 79.6 Å². The van der Waals surface area contributed by atoms with Crippen molar-refractivity contribution < 1.29 is 42.9 Å². The molecule has 0 saturated heterocycles. The number of carbonyl (C=O) groups excluding carboxylic acids is 4. The molecule has 304 valence electrons. The van der Waals surface area contributed by atoms with Gasteiger partial charge in [0.05, 0.1) is 20.3 Å². The Balaban J connectivity index is 1.63. The first-order valence-corrected chi connectivity index (χ1v) is 19.5. The van der Waals surface area contributed by atoms with Crippen LogP contribution in [0.2, 0.25) is 0 Å². The maximum Gasteiger partial charge on any atom is 0.410 e. The number of ether oxygens (including phenoxy) is 5. The molecule has 0 radical (unpaired) electrons. The molecule has 56 heavy (non-hydrogen) atoms. The number of amides is 3. The Kier molecular flexibility index (Phi) is 15.6. The minimum Gasteiger partial charge on any atom is -0.497 e. The van der Waals surface area contributed by atoms with Gasteiger partial charge in [-0.3, -0.25) is 9.69 Å². The lowest BCUT2D eigenvalue weighted by Gasteiger charge is -2.33. The third-order valence-corrected chi connectivity index (χ3v) is 8.99. The Labute approximate surface area is 331 Å². The number of nitrogens with one attached hydrogen (secondary N) is 2. The van der Waals surface area contributed by atoms with Gasteiger partial charge in [-0.25, -0.2) is 14.4 Å². The number of esters is 1. The van der Waals surface area contributed by atoms with Gasteiger partial charge in [-0.1, -0.05) is 48.5 Å². The number of benzene rings is 3. The van der Waals surface area contributed by atoms with Crippen LogP contribution >= 0.6 is 0 Å². The molecule has 3 amide bonds. The zero-order chi connectivity index (χ0) is 40.9. The van der Waals surface area contributed by atoms with Crippen molar-refractivity contribution in [2.75, 3.05) is 33.4 Å². The molecule has 0 aromatic heterocycles. The predicted molar refractivity (Wildman–Crippen MR) is 215 cm³/mol. The first-order chi connectivity index (χ1) is 26.6. The molecule has 3 aromatic rings. The molecule has 1 aliphatic carbocycles. The lowest BCUT2D eigenvalue weighted by Crippen LogP contribution is -2.47. The number of hydrogen-bond acceptors (Lipinski definition) is 9. The highest BCUT2D eigenvalue weighted by Crippen LogP contribution is 2.44. The highest BCUT2D eigenvalue weighted by molar-refractivity contribution is 5.82. The van der Waals surface area contributed by atoms with E-state index in [1.54, 1.807) is 66.9 Å². The molecule has 12 heteroatoms. The van der Waals surface area contributed by atoms with Gasteiger partial charge in [0.25, 0.3) is 0 Å². The molecule has 12 nitrogen and oxygen atoms in total. The lowest BCUT2D eigenvalue weighted by atomic mass is 9.98. The highest BCUT2D eigenvalue weighted by atomic mass is 16.6. The molecule has 0 bridgehead atoms. The Morgan fingerprint density at radius 1 is 0.804 bits per heavy atom. The molecule has 0 heterocycles. The second kappa shape index (κ2) is 20.1. The van der Waals surface area contributed by atoms with Crippen molar-refractivity contribution in [3.05, 3.63) is 83.4 Å². The van der Waals surface area contributed by atoms with Crippen LogP contribution in [0.5, 0.6) is 11.5 Å². The summed E-state index contributed by atoms with van der Waals surface area (Å²) in [7, 11) is 1.55. The molecule has 1 aliphatic rings. The summed E-state index contributed by atoms with van der Waals surface area (Å²) in [5.41, 5.74) is 3.46. The smallest absolute Gasteiger partial charge is 0.410 e. The third-order valence-electron chi connectivity index (χ3n) is 8.99. The van der Waals surface area contributed by atoms with Crippen LogP contribution in [0.1, 0.15) is 103 Å². The SMILES string of the molecule is CCNC(=O)CCCOc1cc(OC)ccc1CN(C(=O)OCC1c2ccccc2-c2ccccc21)C(CCCCNC(=O)OC(C)(C)C)C(=O)OC(C)(C)C. The van der Waals surface area contributed by atoms with Crippen molar-refractivity contribution in [2.45, 2.75) is 110 Å². The largest absolute Gasteiger partial charge is 0.497 e. The number of fused-ring (bicyclic) bond motifs is 3. The summed E-state index contributed by atoms with van der Waals surface area (Å²) >= 11 is 0. The fourth-order valence-corrected chi connectivity index (χ4v) is 6.53. The van der Waals surface area contributed by atoms with Gasteiger partial charge in [-0.2, -0.15) is 0 Å². The molecule has 0 fully saturated rings. The molecule has 0 spiro atoms. The van der Waals surface area contributed by atoms with Gasteiger partial charge < -0.3 is 34.3 Å². The predicted octanol–water partition coefficient (Wildman–Crippen LogP) is 8.15. The van der Waals surface area contributed by atoms with Gasteiger partial charge in [0.15, 0.2) is 0 Å². The van der Waals surface area contributed by atoms with Crippen molar-refractivity contribution in [1.82, 2.24) is 15.5 Å². The zero-order valence-electron chi connectivity index (χ0n) is 34.2. The number of rotatable bonds is 18. The summed E-state index contributed by atoms with van der Waals surface area (Å²) in [5.74, 6) is 0.147. The number of nitrogens with zero attached hydrogens (tertiary/aromatic N) is 1. The minimum atomic E-state index is -1.04. The summed E-state index contributed by atoms with van der Waals surface area (Å²) in [6.07, 6.45) is 0.762. The molecular weight excluding hydrogens is 714 g/mol. The van der Waals surface area contributed by atoms with Gasteiger partial charge in [0.1, 0.15) is 35.3 Å². The summed E-state index contributed by atoms with van der Waals surface area (Å²) in [6.45, 7) is 13.7. The topological polar surface area (TPSA) is 142 Å². The summed E-state index contributed by atoms with van der Waals surface area (Å²) in [4.78, 5) is 54.3. The molecule has 2 N–H and O–H groups in total. The van der Waals surface area contributed by atoms with Crippen molar-refractivity contribution in [3.8, 4) is 22.6 Å². The van der Waals surface area contributed by atoms with E-state index >= 15 is 0 Å². The molecule has 3 aromatic carbocycles. The van der Waals surface area contributed by atoms with Crippen molar-refractivity contribution in [1.29, 1.82) is 0 Å². The maximum absolute atomic E-state index is 14.5. The van der Waals surface area contributed by atoms with E-state index in [9.17, 15) is 19.2 Å². The van der Waals surface area contributed by atoms with Gasteiger partial charge in [-0.05, 0) is 109 Å². The standard InChI is InChI=1S/C44H59N3O9/c1-9-45-39(48)22-16-26-53-38-27-31(52-8)24-23-30(38)28-47(37(40(49)55-43(2,3)4)21-14-15-25-46-41(50)56-44(5,6)7)42(51)54-29-36-34-19-12-10-17-32(34)33-18-11-13-20-35(33)36/h10-13,17-20,23-24,27,36-37H,9,14-16,21-22,25-26,28-29H2,1-8H3,(H,45,48)(H,46,50). The van der Waals surface area contributed by atoms with Gasteiger partial charge in [-0.15, -0.1) is 0 Å². The highest BCUT2D eigenvalue weighted by Gasteiger charge is 2.36. The summed E-state index contributed by atoms with van der Waals surface area (Å²) in [5, 5.41) is 5.55. The van der Waals surface area contributed by atoms with Crippen molar-refractivity contribution >= 4 is 24.1 Å². The van der Waals surface area contributed by atoms with Crippen molar-refractivity contribution in [2.24, 2.45) is 0 Å². The second-order valence-electron chi connectivity index (χ2n) is 15.8. The average molecular weight is 774 g/mol. The van der Waals surface area contributed by atoms with Crippen LogP contribution in [0.4, 0.5) is 9.59 Å². The third kappa shape index (κ3) is 12.9. The lowest BCUT2D eigenvalue weighted by molar-refractivity contribution is -0.161.